The summed E-state index contributed by atoms with van der Waals surface area (Å²) in [6, 6.07) is 3.42. The molecule has 18 heavy (non-hydrogen) atoms. The van der Waals surface area contributed by atoms with Gasteiger partial charge in [0.1, 0.15) is 0 Å². The maximum absolute atomic E-state index is 8.97. The maximum Gasteiger partial charge on any atom is 0.490 e. The first-order valence-electron chi connectivity index (χ1n) is 6.08. The van der Waals surface area contributed by atoms with Gasteiger partial charge in [-0.05, 0) is 24.2 Å². The van der Waals surface area contributed by atoms with E-state index in [0.29, 0.717) is 12.1 Å². The van der Waals surface area contributed by atoms with Gasteiger partial charge in [-0.25, -0.2) is 0 Å². The van der Waals surface area contributed by atoms with E-state index >= 15 is 0 Å². The molecule has 0 unspecified atom stereocenters. The van der Waals surface area contributed by atoms with Crippen molar-refractivity contribution in [2.24, 2.45) is 0 Å². The Bertz CT molecular complexity index is 387. The smallest absolute Gasteiger partial charge is 0.423 e. The number of hydrogen-bond acceptors (Lipinski definition) is 4. The monoisotopic (exact) mass is 267 g/mol. The molecule has 1 rings (SSSR count). The van der Waals surface area contributed by atoms with Crippen LogP contribution in [0.5, 0.6) is 0 Å². The van der Waals surface area contributed by atoms with E-state index in [4.69, 9.17) is 14.5 Å². The van der Waals surface area contributed by atoms with E-state index in [0.717, 1.165) is 5.69 Å². The molecule has 0 saturated heterocycles. The zero-order valence-electron chi connectivity index (χ0n) is 11.8. The summed E-state index contributed by atoms with van der Waals surface area (Å²) < 4.78 is 6.03. The third-order valence-electron chi connectivity index (χ3n) is 3.53. The molecular formula is C12H22BNO3Si. The SMILES string of the molecule is CC(C)(C)[Si](C)(C)OCc1ccc(B(O)O)cn1. The summed E-state index contributed by atoms with van der Waals surface area (Å²) in [4.78, 5) is 4.16. The highest BCUT2D eigenvalue weighted by atomic mass is 28.4. The second kappa shape index (κ2) is 5.52. The number of nitrogens with zero attached hydrogens (tertiary/aromatic N) is 1. The molecule has 4 nitrogen and oxygen atoms in total. The van der Waals surface area contributed by atoms with Crippen LogP contribution in [0.2, 0.25) is 18.1 Å². The van der Waals surface area contributed by atoms with Gasteiger partial charge >= 0.3 is 7.12 Å². The standard InChI is InChI=1S/C12H22BNO3Si/c1-12(2,3)18(4,5)17-9-11-7-6-10(8-14-11)13(15)16/h6-8,15-16H,9H2,1-5H3. The minimum absolute atomic E-state index is 0.175. The highest BCUT2D eigenvalue weighted by molar-refractivity contribution is 6.74. The highest BCUT2D eigenvalue weighted by Gasteiger charge is 2.37. The molecule has 100 valence electrons. The minimum atomic E-state index is -1.76. The van der Waals surface area contributed by atoms with Crippen LogP contribution in [0.25, 0.3) is 0 Å². The molecule has 0 amide bonds. The fourth-order valence-electron chi connectivity index (χ4n) is 1.14. The van der Waals surface area contributed by atoms with E-state index in [9.17, 15) is 0 Å². The molecule has 0 spiro atoms. The number of pyridine rings is 1. The average molecular weight is 267 g/mol. The Kier molecular flexibility index (Phi) is 4.72. The fourth-order valence-corrected chi connectivity index (χ4v) is 2.09. The molecule has 0 atom stereocenters. The zero-order valence-corrected chi connectivity index (χ0v) is 12.8. The van der Waals surface area contributed by atoms with Crippen molar-refractivity contribution in [3.05, 3.63) is 24.0 Å². The molecule has 0 saturated carbocycles. The van der Waals surface area contributed by atoms with Gasteiger partial charge in [-0.3, -0.25) is 4.98 Å². The zero-order chi connectivity index (χ0) is 14.0. The van der Waals surface area contributed by atoms with Crippen molar-refractivity contribution in [1.82, 2.24) is 4.98 Å². The van der Waals surface area contributed by atoms with E-state index in [-0.39, 0.29) is 5.04 Å². The average Bonchev–Trinajstić information content (AvgIpc) is 2.25. The minimum Gasteiger partial charge on any atom is -0.423 e. The lowest BCUT2D eigenvalue weighted by atomic mass is 9.82. The summed E-state index contributed by atoms with van der Waals surface area (Å²) in [6.45, 7) is 11.4. The molecule has 0 bridgehead atoms. The largest absolute Gasteiger partial charge is 0.490 e. The lowest BCUT2D eigenvalue weighted by Gasteiger charge is -2.36. The van der Waals surface area contributed by atoms with E-state index in [1.165, 1.54) is 6.20 Å². The Labute approximate surface area is 110 Å². The van der Waals surface area contributed by atoms with Gasteiger partial charge in [-0.2, -0.15) is 0 Å². The summed E-state index contributed by atoms with van der Waals surface area (Å²) in [5.41, 5.74) is 1.20. The summed E-state index contributed by atoms with van der Waals surface area (Å²) in [5.74, 6) is 0. The van der Waals surface area contributed by atoms with Gasteiger partial charge in [0.2, 0.25) is 0 Å². The van der Waals surface area contributed by atoms with Crippen LogP contribution in [0.4, 0.5) is 0 Å². The lowest BCUT2D eigenvalue weighted by Crippen LogP contribution is -2.40. The van der Waals surface area contributed by atoms with Crippen molar-refractivity contribution in [3.8, 4) is 0 Å². The van der Waals surface area contributed by atoms with Gasteiger partial charge < -0.3 is 14.5 Å². The van der Waals surface area contributed by atoms with Gasteiger partial charge in [0.15, 0.2) is 8.32 Å². The third kappa shape index (κ3) is 3.91. The molecule has 1 aromatic heterocycles. The van der Waals surface area contributed by atoms with Crippen LogP contribution in [0.1, 0.15) is 26.5 Å². The molecule has 0 aliphatic carbocycles. The van der Waals surface area contributed by atoms with E-state index in [1.807, 2.05) is 0 Å². The van der Waals surface area contributed by atoms with Crippen molar-refractivity contribution in [2.75, 3.05) is 0 Å². The first-order valence-corrected chi connectivity index (χ1v) is 8.99. The molecule has 0 aromatic carbocycles. The van der Waals surface area contributed by atoms with Gasteiger partial charge in [-0.1, -0.05) is 26.8 Å². The molecule has 0 fully saturated rings. The number of aromatic nitrogens is 1. The van der Waals surface area contributed by atoms with Gasteiger partial charge in [-0.15, -0.1) is 0 Å². The van der Waals surface area contributed by atoms with Crippen molar-refractivity contribution in [1.29, 1.82) is 0 Å². The van der Waals surface area contributed by atoms with Crippen LogP contribution in [0.3, 0.4) is 0 Å². The van der Waals surface area contributed by atoms with Crippen molar-refractivity contribution < 1.29 is 14.5 Å². The normalized spacial score (nSPS) is 12.6. The van der Waals surface area contributed by atoms with Crippen molar-refractivity contribution >= 4 is 20.9 Å². The summed E-state index contributed by atoms with van der Waals surface area (Å²) in [7, 11) is -3.23. The summed E-state index contributed by atoms with van der Waals surface area (Å²) in [6.07, 6.45) is 1.47. The van der Waals surface area contributed by atoms with E-state index in [1.54, 1.807) is 12.1 Å². The second-order valence-corrected chi connectivity index (χ2v) is 10.8. The molecule has 0 aliphatic rings. The van der Waals surface area contributed by atoms with Crippen LogP contribution < -0.4 is 5.46 Å². The molecule has 0 aliphatic heterocycles. The van der Waals surface area contributed by atoms with E-state index < -0.39 is 15.4 Å². The van der Waals surface area contributed by atoms with Crippen molar-refractivity contribution in [3.63, 3.8) is 0 Å². The first kappa shape index (κ1) is 15.4. The maximum atomic E-state index is 8.97. The Balaban J connectivity index is 2.64. The molecule has 1 heterocycles. The van der Waals surface area contributed by atoms with Gasteiger partial charge in [0, 0.05) is 11.7 Å². The first-order chi connectivity index (χ1) is 8.13. The van der Waals surface area contributed by atoms with Crippen molar-refractivity contribution in [2.45, 2.75) is 45.5 Å². The molecule has 1 aromatic rings. The quantitative estimate of drug-likeness (QED) is 0.807. The fraction of sp³-hybridized carbons (Fsp3) is 0.583. The lowest BCUT2D eigenvalue weighted by molar-refractivity contribution is 0.272. The summed E-state index contributed by atoms with van der Waals surface area (Å²) in [5, 5.41) is 18.1. The predicted octanol–water partition coefficient (Wildman–Crippen LogP) is 1.28. The van der Waals surface area contributed by atoms with Crippen LogP contribution in [0, 0.1) is 0 Å². The van der Waals surface area contributed by atoms with Crippen LogP contribution in [0.15, 0.2) is 18.3 Å². The topological polar surface area (TPSA) is 62.6 Å². The van der Waals surface area contributed by atoms with E-state index in [2.05, 4.69) is 38.8 Å². The second-order valence-electron chi connectivity index (χ2n) is 6.01. The van der Waals surface area contributed by atoms with Gasteiger partial charge in [0.25, 0.3) is 0 Å². The Hall–Kier alpha value is -0.688. The number of rotatable bonds is 4. The number of hydrogen-bond donors (Lipinski definition) is 2. The molecular weight excluding hydrogens is 245 g/mol. The Morgan fingerprint density at radius 2 is 1.89 bits per heavy atom. The van der Waals surface area contributed by atoms with Crippen LogP contribution >= 0.6 is 0 Å². The van der Waals surface area contributed by atoms with Crippen LogP contribution in [-0.4, -0.2) is 30.5 Å². The highest BCUT2D eigenvalue weighted by Crippen LogP contribution is 2.36. The van der Waals surface area contributed by atoms with Gasteiger partial charge in [0.05, 0.1) is 12.3 Å². The Morgan fingerprint density at radius 1 is 1.28 bits per heavy atom. The molecule has 0 radical (unpaired) electrons. The molecule has 2 N–H and O–H groups in total. The predicted molar refractivity (Wildman–Crippen MR) is 76.0 cm³/mol. The summed E-state index contributed by atoms with van der Waals surface area (Å²) >= 11 is 0. The Morgan fingerprint density at radius 3 is 2.28 bits per heavy atom. The molecule has 6 heteroatoms. The van der Waals surface area contributed by atoms with Crippen LogP contribution in [-0.2, 0) is 11.0 Å². The third-order valence-corrected chi connectivity index (χ3v) is 8.01.